The summed E-state index contributed by atoms with van der Waals surface area (Å²) in [5, 5.41) is 14.4. The summed E-state index contributed by atoms with van der Waals surface area (Å²) in [5.74, 6) is 0.185. The minimum atomic E-state index is 0.185. The van der Waals surface area contributed by atoms with Crippen LogP contribution in [-0.2, 0) is 11.3 Å². The number of ether oxygens (including phenoxy) is 1. The Bertz CT molecular complexity index is 596. The Balaban J connectivity index is 2.13. The van der Waals surface area contributed by atoms with Gasteiger partial charge in [0.2, 0.25) is 5.90 Å². The molecular formula is C17H21N3O. The lowest BCUT2D eigenvalue weighted by Gasteiger charge is -2.13. The Kier molecular flexibility index (Phi) is 5.21. The van der Waals surface area contributed by atoms with Crippen molar-refractivity contribution in [3.8, 4) is 0 Å². The Hall–Kier alpha value is -2.49. The van der Waals surface area contributed by atoms with E-state index in [-0.39, 0.29) is 5.90 Å². The molecule has 0 fully saturated rings. The van der Waals surface area contributed by atoms with Gasteiger partial charge in [-0.2, -0.15) is 0 Å². The zero-order chi connectivity index (χ0) is 15.1. The van der Waals surface area contributed by atoms with Gasteiger partial charge in [0.05, 0.1) is 12.2 Å². The lowest BCUT2D eigenvalue weighted by molar-refractivity contribution is 0.326. The van der Waals surface area contributed by atoms with Gasteiger partial charge in [-0.25, -0.2) is 0 Å². The molecule has 2 aromatic rings. The third-order valence-corrected chi connectivity index (χ3v) is 3.16. The fourth-order valence-electron chi connectivity index (χ4n) is 2.08. The third-order valence-electron chi connectivity index (χ3n) is 3.16. The van der Waals surface area contributed by atoms with Crippen molar-refractivity contribution in [3.05, 3.63) is 59.7 Å². The van der Waals surface area contributed by atoms with E-state index < -0.39 is 0 Å². The predicted octanol–water partition coefficient (Wildman–Crippen LogP) is 3.70. The van der Waals surface area contributed by atoms with Crippen molar-refractivity contribution < 1.29 is 4.74 Å². The topological polar surface area (TPSA) is 57.1 Å². The molecule has 0 amide bonds. The van der Waals surface area contributed by atoms with Gasteiger partial charge in [0.15, 0.2) is 0 Å². The number of nitrogens with one attached hydrogen (secondary N) is 3. The van der Waals surface area contributed by atoms with E-state index in [2.05, 4.69) is 22.8 Å². The SMILES string of the molecule is CCOC(=N)c1cc(NCc2ccccc2)ccc1NC. The lowest BCUT2D eigenvalue weighted by Crippen LogP contribution is -2.09. The van der Waals surface area contributed by atoms with Gasteiger partial charge in [-0.15, -0.1) is 0 Å². The maximum Gasteiger partial charge on any atom is 0.215 e. The molecule has 0 unspecified atom stereocenters. The second-order valence-electron chi connectivity index (χ2n) is 4.61. The highest BCUT2D eigenvalue weighted by Crippen LogP contribution is 2.21. The Morgan fingerprint density at radius 1 is 1.14 bits per heavy atom. The maximum absolute atomic E-state index is 7.98. The highest BCUT2D eigenvalue weighted by molar-refractivity contribution is 5.98. The zero-order valence-electron chi connectivity index (χ0n) is 12.4. The van der Waals surface area contributed by atoms with Crippen LogP contribution in [-0.4, -0.2) is 19.6 Å². The van der Waals surface area contributed by atoms with Crippen molar-refractivity contribution in [2.75, 3.05) is 24.3 Å². The van der Waals surface area contributed by atoms with Crippen molar-refractivity contribution in [2.24, 2.45) is 0 Å². The van der Waals surface area contributed by atoms with Crippen molar-refractivity contribution in [3.63, 3.8) is 0 Å². The largest absolute Gasteiger partial charge is 0.478 e. The van der Waals surface area contributed by atoms with Gasteiger partial charge >= 0.3 is 0 Å². The minimum Gasteiger partial charge on any atom is -0.478 e. The summed E-state index contributed by atoms with van der Waals surface area (Å²) in [6.07, 6.45) is 0. The summed E-state index contributed by atoms with van der Waals surface area (Å²) in [4.78, 5) is 0. The van der Waals surface area contributed by atoms with Gasteiger partial charge in [0.25, 0.3) is 0 Å². The molecule has 2 rings (SSSR count). The van der Waals surface area contributed by atoms with Crippen molar-refractivity contribution in [1.82, 2.24) is 0 Å². The van der Waals surface area contributed by atoms with E-state index >= 15 is 0 Å². The molecule has 0 aromatic heterocycles. The van der Waals surface area contributed by atoms with E-state index in [1.54, 1.807) is 0 Å². The van der Waals surface area contributed by atoms with E-state index in [0.717, 1.165) is 23.5 Å². The molecule has 4 nitrogen and oxygen atoms in total. The van der Waals surface area contributed by atoms with E-state index in [4.69, 9.17) is 10.1 Å². The minimum absolute atomic E-state index is 0.185. The molecule has 0 radical (unpaired) electrons. The number of rotatable bonds is 6. The van der Waals surface area contributed by atoms with E-state index in [0.29, 0.717) is 6.61 Å². The van der Waals surface area contributed by atoms with Crippen LogP contribution in [0.15, 0.2) is 48.5 Å². The predicted molar refractivity (Wildman–Crippen MR) is 88.2 cm³/mol. The van der Waals surface area contributed by atoms with Crippen molar-refractivity contribution in [1.29, 1.82) is 5.41 Å². The number of hydrogen-bond acceptors (Lipinski definition) is 4. The first kappa shape index (κ1) is 14.9. The zero-order valence-corrected chi connectivity index (χ0v) is 12.4. The smallest absolute Gasteiger partial charge is 0.215 e. The summed E-state index contributed by atoms with van der Waals surface area (Å²) in [6.45, 7) is 3.12. The Morgan fingerprint density at radius 2 is 1.90 bits per heavy atom. The number of anilines is 2. The molecule has 0 saturated carbocycles. The molecule has 0 spiro atoms. The molecule has 0 heterocycles. The van der Waals surface area contributed by atoms with Crippen molar-refractivity contribution >= 4 is 17.3 Å². The van der Waals surface area contributed by atoms with E-state index in [1.165, 1.54) is 5.56 Å². The highest BCUT2D eigenvalue weighted by Gasteiger charge is 2.09. The highest BCUT2D eigenvalue weighted by atomic mass is 16.5. The normalized spacial score (nSPS) is 10.0. The fraction of sp³-hybridized carbons (Fsp3) is 0.235. The second kappa shape index (κ2) is 7.33. The van der Waals surface area contributed by atoms with Crippen LogP contribution in [0.25, 0.3) is 0 Å². The van der Waals surface area contributed by atoms with Crippen LogP contribution in [0, 0.1) is 5.41 Å². The Labute approximate surface area is 125 Å². The van der Waals surface area contributed by atoms with Crippen LogP contribution >= 0.6 is 0 Å². The third kappa shape index (κ3) is 3.99. The molecule has 2 aromatic carbocycles. The van der Waals surface area contributed by atoms with Gasteiger partial charge in [0, 0.05) is 25.0 Å². The molecule has 0 aliphatic carbocycles. The van der Waals surface area contributed by atoms with Crippen LogP contribution in [0.1, 0.15) is 18.1 Å². The van der Waals surface area contributed by atoms with E-state index in [9.17, 15) is 0 Å². The van der Waals surface area contributed by atoms with Crippen LogP contribution in [0.5, 0.6) is 0 Å². The lowest BCUT2D eigenvalue weighted by atomic mass is 10.1. The molecule has 0 aliphatic rings. The summed E-state index contributed by atoms with van der Waals surface area (Å²) >= 11 is 0. The first-order chi connectivity index (χ1) is 10.2. The monoisotopic (exact) mass is 283 g/mol. The van der Waals surface area contributed by atoms with Gasteiger partial charge in [-0.05, 0) is 30.7 Å². The molecule has 110 valence electrons. The average molecular weight is 283 g/mol. The van der Waals surface area contributed by atoms with Crippen LogP contribution in [0.4, 0.5) is 11.4 Å². The number of benzene rings is 2. The van der Waals surface area contributed by atoms with Crippen LogP contribution < -0.4 is 10.6 Å². The van der Waals surface area contributed by atoms with Gasteiger partial charge in [-0.1, -0.05) is 30.3 Å². The van der Waals surface area contributed by atoms with Crippen LogP contribution in [0.3, 0.4) is 0 Å². The average Bonchev–Trinajstić information content (AvgIpc) is 2.54. The summed E-state index contributed by atoms with van der Waals surface area (Å²) < 4.78 is 5.30. The van der Waals surface area contributed by atoms with Crippen molar-refractivity contribution in [2.45, 2.75) is 13.5 Å². The van der Waals surface area contributed by atoms with E-state index in [1.807, 2.05) is 50.4 Å². The van der Waals surface area contributed by atoms with Gasteiger partial charge in [0.1, 0.15) is 0 Å². The molecule has 0 saturated heterocycles. The molecule has 3 N–H and O–H groups in total. The maximum atomic E-state index is 7.98. The Morgan fingerprint density at radius 3 is 2.57 bits per heavy atom. The second-order valence-corrected chi connectivity index (χ2v) is 4.61. The number of hydrogen-bond donors (Lipinski definition) is 3. The fourth-order valence-corrected chi connectivity index (χ4v) is 2.08. The quantitative estimate of drug-likeness (QED) is 0.559. The molecule has 0 aliphatic heterocycles. The molecule has 21 heavy (non-hydrogen) atoms. The molecular weight excluding hydrogens is 262 g/mol. The first-order valence-corrected chi connectivity index (χ1v) is 7.06. The van der Waals surface area contributed by atoms with Gasteiger partial charge in [-0.3, -0.25) is 5.41 Å². The van der Waals surface area contributed by atoms with Gasteiger partial charge < -0.3 is 15.4 Å². The molecule has 0 atom stereocenters. The summed E-state index contributed by atoms with van der Waals surface area (Å²) in [6, 6.07) is 16.1. The molecule has 0 bridgehead atoms. The standard InChI is InChI=1S/C17H21N3O/c1-3-21-17(18)15-11-14(9-10-16(15)19-2)20-12-13-7-5-4-6-8-13/h4-11,18-20H,3,12H2,1-2H3. The summed E-state index contributed by atoms with van der Waals surface area (Å²) in [7, 11) is 1.84. The summed E-state index contributed by atoms with van der Waals surface area (Å²) in [5.41, 5.74) is 3.84. The first-order valence-electron chi connectivity index (χ1n) is 7.06. The molecule has 4 heteroatoms. The van der Waals surface area contributed by atoms with Crippen LogP contribution in [0.2, 0.25) is 0 Å².